The highest BCUT2D eigenvalue weighted by molar-refractivity contribution is 5.93. The average Bonchev–Trinajstić information content (AvgIpc) is 2.66. The highest BCUT2D eigenvalue weighted by atomic mass is 16.6. The van der Waals surface area contributed by atoms with Gasteiger partial charge < -0.3 is 19.5 Å². The Morgan fingerprint density at radius 1 is 0.962 bits per heavy atom. The van der Waals surface area contributed by atoms with Crippen LogP contribution in [0.25, 0.3) is 10.9 Å². The number of nitro benzene ring substituents is 1. The van der Waals surface area contributed by atoms with E-state index in [1.807, 2.05) is 0 Å². The minimum atomic E-state index is -0.486. The monoisotopic (exact) mass is 356 g/mol. The molecule has 0 bridgehead atoms. The van der Waals surface area contributed by atoms with Crippen LogP contribution in [0.2, 0.25) is 0 Å². The Morgan fingerprint density at radius 2 is 1.69 bits per heavy atom. The predicted molar refractivity (Wildman–Crippen MR) is 95.6 cm³/mol. The molecule has 0 spiro atoms. The van der Waals surface area contributed by atoms with Crippen molar-refractivity contribution in [2.24, 2.45) is 0 Å². The molecule has 0 saturated heterocycles. The number of benzene rings is 2. The van der Waals surface area contributed by atoms with Gasteiger partial charge in [0.15, 0.2) is 11.5 Å². The number of hydrogen-bond acceptors (Lipinski definition) is 8. The van der Waals surface area contributed by atoms with Crippen LogP contribution in [0.1, 0.15) is 0 Å². The predicted octanol–water partition coefficient (Wildman–Crippen LogP) is 3.31. The second-order valence-electron chi connectivity index (χ2n) is 5.25. The lowest BCUT2D eigenvalue weighted by molar-refractivity contribution is -0.384. The van der Waals surface area contributed by atoms with Crippen molar-refractivity contribution in [2.45, 2.75) is 0 Å². The molecule has 9 nitrogen and oxygen atoms in total. The summed E-state index contributed by atoms with van der Waals surface area (Å²) in [6.07, 6.45) is 1.39. The first kappa shape index (κ1) is 17.2. The van der Waals surface area contributed by atoms with Crippen LogP contribution in [-0.4, -0.2) is 36.2 Å². The van der Waals surface area contributed by atoms with E-state index in [1.54, 1.807) is 25.3 Å². The van der Waals surface area contributed by atoms with Gasteiger partial charge in [-0.3, -0.25) is 10.1 Å². The van der Waals surface area contributed by atoms with Gasteiger partial charge >= 0.3 is 0 Å². The van der Waals surface area contributed by atoms with Crippen molar-refractivity contribution in [3.63, 3.8) is 0 Å². The van der Waals surface area contributed by atoms with Crippen molar-refractivity contribution < 1.29 is 19.1 Å². The molecule has 3 rings (SSSR count). The summed E-state index contributed by atoms with van der Waals surface area (Å²) in [5.41, 5.74) is 1.01. The molecule has 1 N–H and O–H groups in total. The molecule has 2 aromatic carbocycles. The number of anilines is 2. The van der Waals surface area contributed by atoms with Gasteiger partial charge in [-0.2, -0.15) is 0 Å². The molecule has 0 fully saturated rings. The first-order valence-corrected chi connectivity index (χ1v) is 7.53. The Morgan fingerprint density at radius 3 is 2.35 bits per heavy atom. The maximum Gasteiger partial charge on any atom is 0.275 e. The lowest BCUT2D eigenvalue weighted by Gasteiger charge is -2.12. The van der Waals surface area contributed by atoms with Gasteiger partial charge in [0.1, 0.15) is 17.9 Å². The number of nitrogens with one attached hydrogen (secondary N) is 1. The summed E-state index contributed by atoms with van der Waals surface area (Å²) in [6.45, 7) is 0. The van der Waals surface area contributed by atoms with E-state index in [9.17, 15) is 10.1 Å². The number of fused-ring (bicyclic) bond motifs is 1. The molecule has 0 unspecified atom stereocenters. The summed E-state index contributed by atoms with van der Waals surface area (Å²) in [5, 5.41) is 14.9. The minimum absolute atomic E-state index is 0.0931. The standard InChI is InChI=1S/C17H16N4O5/c1-24-12-5-10(4-11(6-12)21(22)23)20-17-13-7-15(25-2)16(26-3)8-14(13)18-9-19-17/h4-9H,1-3H3,(H,18,19,20). The first-order valence-electron chi connectivity index (χ1n) is 7.53. The highest BCUT2D eigenvalue weighted by Crippen LogP contribution is 2.35. The van der Waals surface area contributed by atoms with Crippen LogP contribution in [0.4, 0.5) is 17.2 Å². The third kappa shape index (κ3) is 3.27. The topological polar surface area (TPSA) is 109 Å². The van der Waals surface area contributed by atoms with Crippen molar-refractivity contribution in [3.8, 4) is 17.2 Å². The van der Waals surface area contributed by atoms with Crippen molar-refractivity contribution in [1.29, 1.82) is 0 Å². The summed E-state index contributed by atoms with van der Waals surface area (Å²) in [5.74, 6) is 1.90. The molecule has 1 heterocycles. The Bertz CT molecular complexity index is 977. The zero-order chi connectivity index (χ0) is 18.7. The number of rotatable bonds is 6. The van der Waals surface area contributed by atoms with Crippen LogP contribution in [0.5, 0.6) is 17.2 Å². The Labute approximate surface area is 148 Å². The van der Waals surface area contributed by atoms with Gasteiger partial charge in [0.25, 0.3) is 5.69 Å². The molecule has 134 valence electrons. The number of ether oxygens (including phenoxy) is 3. The SMILES string of the molecule is COc1cc(Nc2ncnc3cc(OC)c(OC)cc23)cc([N+](=O)[O-])c1. The van der Waals surface area contributed by atoms with Gasteiger partial charge in [0, 0.05) is 23.6 Å². The third-order valence-electron chi connectivity index (χ3n) is 3.74. The summed E-state index contributed by atoms with van der Waals surface area (Å²) < 4.78 is 15.7. The Balaban J connectivity index is 2.09. The van der Waals surface area contributed by atoms with E-state index < -0.39 is 4.92 Å². The van der Waals surface area contributed by atoms with Gasteiger partial charge in [0.05, 0.1) is 43.5 Å². The fourth-order valence-corrected chi connectivity index (χ4v) is 2.50. The molecular weight excluding hydrogens is 340 g/mol. The Kier molecular flexibility index (Phi) is 4.70. The molecule has 3 aromatic rings. The average molecular weight is 356 g/mol. The number of nitro groups is 1. The molecule has 9 heteroatoms. The fraction of sp³-hybridized carbons (Fsp3) is 0.176. The van der Waals surface area contributed by atoms with E-state index in [2.05, 4.69) is 15.3 Å². The molecule has 26 heavy (non-hydrogen) atoms. The van der Waals surface area contributed by atoms with E-state index >= 15 is 0 Å². The number of non-ortho nitro benzene ring substituents is 1. The van der Waals surface area contributed by atoms with Crippen LogP contribution < -0.4 is 19.5 Å². The smallest absolute Gasteiger partial charge is 0.275 e. The fourth-order valence-electron chi connectivity index (χ4n) is 2.50. The zero-order valence-electron chi connectivity index (χ0n) is 14.3. The lowest BCUT2D eigenvalue weighted by Crippen LogP contribution is -1.99. The van der Waals surface area contributed by atoms with E-state index in [4.69, 9.17) is 14.2 Å². The van der Waals surface area contributed by atoms with E-state index in [1.165, 1.54) is 32.7 Å². The Hall–Kier alpha value is -3.62. The second kappa shape index (κ2) is 7.09. The van der Waals surface area contributed by atoms with Gasteiger partial charge in [0.2, 0.25) is 0 Å². The van der Waals surface area contributed by atoms with E-state index in [-0.39, 0.29) is 5.69 Å². The highest BCUT2D eigenvalue weighted by Gasteiger charge is 2.14. The van der Waals surface area contributed by atoms with Crippen LogP contribution in [0.15, 0.2) is 36.7 Å². The number of hydrogen-bond donors (Lipinski definition) is 1. The maximum atomic E-state index is 11.1. The van der Waals surface area contributed by atoms with Crippen molar-refractivity contribution in [2.75, 3.05) is 26.6 Å². The molecule has 0 atom stereocenters. The van der Waals surface area contributed by atoms with Crippen molar-refractivity contribution in [1.82, 2.24) is 9.97 Å². The summed E-state index contributed by atoms with van der Waals surface area (Å²) in [4.78, 5) is 19.1. The van der Waals surface area contributed by atoms with Crippen LogP contribution in [0, 0.1) is 10.1 Å². The van der Waals surface area contributed by atoms with E-state index in [0.717, 1.165) is 0 Å². The van der Waals surface area contributed by atoms with E-state index in [0.29, 0.717) is 39.7 Å². The molecule has 0 saturated carbocycles. The molecule has 0 amide bonds. The third-order valence-corrected chi connectivity index (χ3v) is 3.74. The summed E-state index contributed by atoms with van der Waals surface area (Å²) >= 11 is 0. The minimum Gasteiger partial charge on any atom is -0.496 e. The molecule has 0 radical (unpaired) electrons. The molecule has 1 aromatic heterocycles. The maximum absolute atomic E-state index is 11.1. The molecular formula is C17H16N4O5. The van der Waals surface area contributed by atoms with Crippen LogP contribution >= 0.6 is 0 Å². The summed E-state index contributed by atoms with van der Waals surface area (Å²) in [6, 6.07) is 7.86. The normalized spacial score (nSPS) is 10.4. The number of methoxy groups -OCH3 is 3. The molecule has 0 aliphatic carbocycles. The van der Waals surface area contributed by atoms with Crippen LogP contribution in [-0.2, 0) is 0 Å². The quantitative estimate of drug-likeness (QED) is 0.529. The second-order valence-corrected chi connectivity index (χ2v) is 5.25. The molecule has 0 aliphatic rings. The lowest BCUT2D eigenvalue weighted by atomic mass is 10.2. The zero-order valence-corrected chi connectivity index (χ0v) is 14.3. The summed E-state index contributed by atoms with van der Waals surface area (Å²) in [7, 11) is 4.52. The first-order chi connectivity index (χ1) is 12.5. The van der Waals surface area contributed by atoms with Gasteiger partial charge in [-0.05, 0) is 6.07 Å². The van der Waals surface area contributed by atoms with Gasteiger partial charge in [-0.25, -0.2) is 9.97 Å². The number of nitrogens with zero attached hydrogens (tertiary/aromatic N) is 3. The largest absolute Gasteiger partial charge is 0.496 e. The van der Waals surface area contributed by atoms with Gasteiger partial charge in [-0.15, -0.1) is 0 Å². The van der Waals surface area contributed by atoms with Crippen molar-refractivity contribution in [3.05, 3.63) is 46.8 Å². The molecule has 0 aliphatic heterocycles. The van der Waals surface area contributed by atoms with Gasteiger partial charge in [-0.1, -0.05) is 0 Å². The van der Waals surface area contributed by atoms with Crippen molar-refractivity contribution >= 4 is 28.1 Å². The number of aromatic nitrogens is 2. The van der Waals surface area contributed by atoms with Crippen LogP contribution in [0.3, 0.4) is 0 Å².